The fraction of sp³-hybridized carbons (Fsp3) is 0.150. The lowest BCUT2D eigenvalue weighted by Gasteiger charge is -2.31. The van der Waals surface area contributed by atoms with Gasteiger partial charge in [-0.15, -0.1) is 0 Å². The summed E-state index contributed by atoms with van der Waals surface area (Å²) in [5.74, 6) is 0. The van der Waals surface area contributed by atoms with Gasteiger partial charge in [-0.1, -0.05) is 74.0 Å². The standard InChI is InChI=1S/C18H13Cl2IN2.C2H6/c1-11-16(21)9-14(12-6-4-3-5-7-12)18(23(11)2)17-15(20)8-13(19)10-22-17;1-2/h3-10H,1H2,2H3;1-2H3. The fourth-order valence-electron chi connectivity index (χ4n) is 2.47. The summed E-state index contributed by atoms with van der Waals surface area (Å²) in [6, 6.07) is 11.9. The number of hydrogen-bond acceptors (Lipinski definition) is 2. The summed E-state index contributed by atoms with van der Waals surface area (Å²) in [7, 11) is 1.97. The van der Waals surface area contributed by atoms with Gasteiger partial charge in [0.2, 0.25) is 0 Å². The highest BCUT2D eigenvalue weighted by Gasteiger charge is 2.25. The Labute approximate surface area is 173 Å². The van der Waals surface area contributed by atoms with E-state index in [4.69, 9.17) is 23.2 Å². The van der Waals surface area contributed by atoms with Gasteiger partial charge < -0.3 is 4.90 Å². The van der Waals surface area contributed by atoms with Crippen molar-refractivity contribution in [2.24, 2.45) is 0 Å². The third-order valence-electron chi connectivity index (χ3n) is 3.66. The molecule has 0 saturated heterocycles. The molecule has 3 rings (SSSR count). The predicted octanol–water partition coefficient (Wildman–Crippen LogP) is 7.06. The average Bonchev–Trinajstić information content (AvgIpc) is 2.63. The van der Waals surface area contributed by atoms with Gasteiger partial charge in [-0.3, -0.25) is 4.98 Å². The summed E-state index contributed by atoms with van der Waals surface area (Å²) in [4.78, 5) is 6.47. The number of likely N-dealkylation sites (N-methyl/N-ethyl adjacent to an activating group) is 1. The molecule has 0 spiro atoms. The van der Waals surface area contributed by atoms with Crippen LogP contribution in [-0.4, -0.2) is 16.9 Å². The Balaban J connectivity index is 0.00000109. The smallest absolute Gasteiger partial charge is 0.106 e. The molecule has 1 aromatic heterocycles. The Kier molecular flexibility index (Phi) is 7.11. The number of rotatable bonds is 2. The summed E-state index contributed by atoms with van der Waals surface area (Å²) in [6.45, 7) is 8.15. The van der Waals surface area contributed by atoms with Gasteiger partial charge in [-0.2, -0.15) is 0 Å². The maximum Gasteiger partial charge on any atom is 0.106 e. The molecule has 25 heavy (non-hydrogen) atoms. The van der Waals surface area contributed by atoms with Crippen molar-refractivity contribution in [1.29, 1.82) is 0 Å². The van der Waals surface area contributed by atoms with E-state index in [1.54, 1.807) is 12.3 Å². The Morgan fingerprint density at radius 2 is 1.76 bits per heavy atom. The first-order valence-corrected chi connectivity index (χ1v) is 9.74. The largest absolute Gasteiger partial charge is 0.342 e. The van der Waals surface area contributed by atoms with E-state index in [9.17, 15) is 0 Å². The van der Waals surface area contributed by atoms with Crippen LogP contribution < -0.4 is 0 Å². The first-order valence-electron chi connectivity index (χ1n) is 7.90. The number of pyridine rings is 1. The van der Waals surface area contributed by atoms with Gasteiger partial charge in [0.25, 0.3) is 0 Å². The molecule has 0 unspecified atom stereocenters. The third-order valence-corrected chi connectivity index (χ3v) is 5.09. The van der Waals surface area contributed by atoms with Crippen LogP contribution in [0.3, 0.4) is 0 Å². The zero-order chi connectivity index (χ0) is 18.6. The van der Waals surface area contributed by atoms with Gasteiger partial charge in [0.15, 0.2) is 0 Å². The van der Waals surface area contributed by atoms with Crippen molar-refractivity contribution in [2.75, 3.05) is 7.05 Å². The van der Waals surface area contributed by atoms with Crippen molar-refractivity contribution >= 4 is 57.1 Å². The van der Waals surface area contributed by atoms with Crippen LogP contribution in [0.15, 0.2) is 64.5 Å². The number of aromatic nitrogens is 1. The van der Waals surface area contributed by atoms with Crippen molar-refractivity contribution in [2.45, 2.75) is 13.8 Å². The Morgan fingerprint density at radius 3 is 2.36 bits per heavy atom. The van der Waals surface area contributed by atoms with Crippen LogP contribution in [0, 0.1) is 0 Å². The SMILES string of the molecule is C=C1C(I)=CC(c2ccccc2)=C(c2ncc(Cl)cc2Cl)N1C.CC. The monoisotopic (exact) mass is 484 g/mol. The number of halogens is 3. The van der Waals surface area contributed by atoms with Crippen molar-refractivity contribution < 1.29 is 0 Å². The molecule has 2 aromatic rings. The Bertz CT molecular complexity index is 842. The first kappa shape index (κ1) is 20.0. The zero-order valence-electron chi connectivity index (χ0n) is 14.4. The van der Waals surface area contributed by atoms with Crippen molar-refractivity contribution in [3.63, 3.8) is 0 Å². The molecule has 5 heteroatoms. The topological polar surface area (TPSA) is 16.1 Å². The summed E-state index contributed by atoms with van der Waals surface area (Å²) < 4.78 is 1.08. The summed E-state index contributed by atoms with van der Waals surface area (Å²) >= 11 is 14.7. The van der Waals surface area contributed by atoms with Crippen LogP contribution in [0.25, 0.3) is 11.3 Å². The highest BCUT2D eigenvalue weighted by Crippen LogP contribution is 2.41. The number of nitrogens with zero attached hydrogens (tertiary/aromatic N) is 2. The number of allylic oxidation sites excluding steroid dienone is 3. The van der Waals surface area contributed by atoms with Crippen molar-refractivity contribution in [1.82, 2.24) is 9.88 Å². The molecule has 1 aliphatic heterocycles. The molecule has 0 N–H and O–H groups in total. The van der Waals surface area contributed by atoms with Crippen LogP contribution in [-0.2, 0) is 0 Å². The molecular formula is C20H19Cl2IN2. The van der Waals surface area contributed by atoms with Gasteiger partial charge in [-0.25, -0.2) is 0 Å². The quantitative estimate of drug-likeness (QED) is 0.424. The normalized spacial score (nSPS) is 14.1. The molecule has 0 radical (unpaired) electrons. The predicted molar refractivity (Wildman–Crippen MR) is 118 cm³/mol. The Hall–Kier alpha value is -1.30. The summed E-state index contributed by atoms with van der Waals surface area (Å²) in [5, 5.41) is 1.04. The first-order chi connectivity index (χ1) is 12.0. The molecule has 1 aliphatic rings. The van der Waals surface area contributed by atoms with E-state index in [1.807, 2.05) is 44.0 Å². The van der Waals surface area contributed by atoms with Crippen molar-refractivity contribution in [3.8, 4) is 0 Å². The van der Waals surface area contributed by atoms with Crippen LogP contribution in [0.4, 0.5) is 0 Å². The van der Waals surface area contributed by atoms with Crippen LogP contribution in [0.1, 0.15) is 25.1 Å². The second-order valence-corrected chi connectivity index (χ2v) is 7.12. The second kappa shape index (κ2) is 8.88. The minimum absolute atomic E-state index is 0.517. The molecule has 1 aromatic carbocycles. The zero-order valence-corrected chi connectivity index (χ0v) is 18.0. The van der Waals surface area contributed by atoms with E-state index in [-0.39, 0.29) is 0 Å². The highest BCUT2D eigenvalue weighted by molar-refractivity contribution is 14.1. The van der Waals surface area contributed by atoms with E-state index in [2.05, 4.69) is 52.4 Å². The van der Waals surface area contributed by atoms with Crippen molar-refractivity contribution in [3.05, 3.63) is 85.8 Å². The van der Waals surface area contributed by atoms with E-state index >= 15 is 0 Å². The molecule has 2 heterocycles. The molecular weight excluding hydrogens is 466 g/mol. The lowest BCUT2D eigenvalue weighted by atomic mass is 9.97. The summed E-state index contributed by atoms with van der Waals surface area (Å²) in [5.41, 5.74) is 4.68. The maximum atomic E-state index is 6.41. The lowest BCUT2D eigenvalue weighted by Crippen LogP contribution is -2.21. The third kappa shape index (κ3) is 4.27. The summed E-state index contributed by atoms with van der Waals surface area (Å²) in [6.07, 6.45) is 3.72. The molecule has 2 nitrogen and oxygen atoms in total. The van der Waals surface area contributed by atoms with E-state index in [0.29, 0.717) is 15.7 Å². The molecule has 0 bridgehead atoms. The Morgan fingerprint density at radius 1 is 1.12 bits per heavy atom. The second-order valence-electron chi connectivity index (χ2n) is 5.11. The number of benzene rings is 1. The molecule has 0 fully saturated rings. The molecule has 0 amide bonds. The number of hydrogen-bond donors (Lipinski definition) is 0. The van der Waals surface area contributed by atoms with Gasteiger partial charge in [0.1, 0.15) is 5.69 Å². The van der Waals surface area contributed by atoms with Crippen LogP contribution in [0.2, 0.25) is 10.0 Å². The minimum atomic E-state index is 0.517. The van der Waals surface area contributed by atoms with E-state index in [1.165, 1.54) is 0 Å². The molecule has 0 atom stereocenters. The van der Waals surface area contributed by atoms with E-state index < -0.39 is 0 Å². The van der Waals surface area contributed by atoms with Gasteiger partial charge >= 0.3 is 0 Å². The average molecular weight is 485 g/mol. The van der Waals surface area contributed by atoms with Gasteiger partial charge in [0.05, 0.1) is 15.7 Å². The minimum Gasteiger partial charge on any atom is -0.342 e. The molecule has 0 aliphatic carbocycles. The van der Waals surface area contributed by atoms with Crippen LogP contribution >= 0.6 is 45.8 Å². The maximum absolute atomic E-state index is 6.41. The van der Waals surface area contributed by atoms with Crippen LogP contribution in [0.5, 0.6) is 0 Å². The van der Waals surface area contributed by atoms with E-state index in [0.717, 1.165) is 26.1 Å². The lowest BCUT2D eigenvalue weighted by molar-refractivity contribution is 0.613. The van der Waals surface area contributed by atoms with Gasteiger partial charge in [-0.05, 0) is 40.3 Å². The molecule has 0 saturated carbocycles. The van der Waals surface area contributed by atoms with Gasteiger partial charge in [0, 0.05) is 28.1 Å². The fourth-order valence-corrected chi connectivity index (χ4v) is 3.61. The highest BCUT2D eigenvalue weighted by atomic mass is 127. The molecule has 130 valence electrons.